The van der Waals surface area contributed by atoms with Crippen molar-refractivity contribution < 1.29 is 17.9 Å². The van der Waals surface area contributed by atoms with Crippen molar-refractivity contribution in [2.24, 2.45) is 0 Å². The van der Waals surface area contributed by atoms with Gasteiger partial charge in [0.25, 0.3) is 0 Å². The second-order valence-corrected chi connectivity index (χ2v) is 2.86. The zero-order valence-electron chi connectivity index (χ0n) is 7.31. The van der Waals surface area contributed by atoms with Crippen LogP contribution in [0.5, 0.6) is 5.88 Å². The molecular formula is C7H6ClF3N2O. The van der Waals surface area contributed by atoms with Gasteiger partial charge in [-0.3, -0.25) is 0 Å². The van der Waals surface area contributed by atoms with Crippen molar-refractivity contribution in [1.29, 1.82) is 0 Å². The van der Waals surface area contributed by atoms with Crippen LogP contribution in [0.25, 0.3) is 0 Å². The third-order valence-electron chi connectivity index (χ3n) is 1.60. The van der Waals surface area contributed by atoms with E-state index in [1.54, 1.807) is 0 Å². The largest absolute Gasteiger partial charge is 0.479 e. The first-order valence-corrected chi connectivity index (χ1v) is 3.89. The summed E-state index contributed by atoms with van der Waals surface area (Å²) in [6.07, 6.45) is -4.55. The Morgan fingerprint density at radius 1 is 1.29 bits per heavy atom. The second-order valence-electron chi connectivity index (χ2n) is 2.50. The van der Waals surface area contributed by atoms with Gasteiger partial charge in [-0.25, -0.2) is 0 Å². The van der Waals surface area contributed by atoms with Crippen LogP contribution in [0.15, 0.2) is 0 Å². The molecule has 0 aliphatic rings. The molecule has 0 atom stereocenters. The van der Waals surface area contributed by atoms with Crippen molar-refractivity contribution >= 4 is 11.6 Å². The maximum Gasteiger partial charge on any atom is 0.422 e. The van der Waals surface area contributed by atoms with Gasteiger partial charge in [-0.15, -0.1) is 10.2 Å². The van der Waals surface area contributed by atoms with Crippen LogP contribution in [0.1, 0.15) is 11.1 Å². The van der Waals surface area contributed by atoms with Crippen LogP contribution in [-0.2, 0) is 6.18 Å². The predicted molar refractivity (Wildman–Crippen MR) is 43.3 cm³/mol. The highest BCUT2D eigenvalue weighted by molar-refractivity contribution is 6.30. The average molecular weight is 227 g/mol. The highest BCUT2D eigenvalue weighted by atomic mass is 35.5. The fourth-order valence-electron chi connectivity index (χ4n) is 0.955. The summed E-state index contributed by atoms with van der Waals surface area (Å²) < 4.78 is 41.9. The summed E-state index contributed by atoms with van der Waals surface area (Å²) in [5.41, 5.74) is -1.17. The standard InChI is InChI=1S/C7H6ClF3N2O/c1-3-4(7(9,10)11)6(14-2)13-12-5(3)8/h1-2H3. The number of hydrogen-bond acceptors (Lipinski definition) is 3. The Hall–Kier alpha value is -1.04. The van der Waals surface area contributed by atoms with Gasteiger partial charge in [-0.05, 0) is 6.92 Å². The van der Waals surface area contributed by atoms with E-state index in [4.69, 9.17) is 11.6 Å². The molecule has 3 nitrogen and oxygen atoms in total. The molecule has 0 saturated carbocycles. The van der Waals surface area contributed by atoms with Crippen LogP contribution in [0.3, 0.4) is 0 Å². The zero-order valence-corrected chi connectivity index (χ0v) is 8.07. The first kappa shape index (κ1) is 11.0. The van der Waals surface area contributed by atoms with E-state index >= 15 is 0 Å². The summed E-state index contributed by atoms with van der Waals surface area (Å²) in [7, 11) is 1.09. The lowest BCUT2D eigenvalue weighted by molar-refractivity contribution is -0.139. The van der Waals surface area contributed by atoms with E-state index in [0.717, 1.165) is 7.11 Å². The molecule has 7 heteroatoms. The molecule has 0 aromatic carbocycles. The quantitative estimate of drug-likeness (QED) is 0.738. The van der Waals surface area contributed by atoms with Crippen LogP contribution >= 0.6 is 11.6 Å². The first-order chi connectivity index (χ1) is 6.38. The first-order valence-electron chi connectivity index (χ1n) is 3.52. The van der Waals surface area contributed by atoms with Crippen LogP contribution in [-0.4, -0.2) is 17.3 Å². The van der Waals surface area contributed by atoms with E-state index < -0.39 is 17.6 Å². The molecule has 0 aliphatic carbocycles. The number of hydrogen-bond donors (Lipinski definition) is 0. The highest BCUT2D eigenvalue weighted by Crippen LogP contribution is 2.38. The van der Waals surface area contributed by atoms with Gasteiger partial charge in [0.2, 0.25) is 5.88 Å². The normalized spacial score (nSPS) is 11.6. The van der Waals surface area contributed by atoms with Crippen molar-refractivity contribution in [2.75, 3.05) is 7.11 Å². The number of nitrogens with zero attached hydrogens (tertiary/aromatic N) is 2. The van der Waals surface area contributed by atoms with E-state index in [1.807, 2.05) is 0 Å². The van der Waals surface area contributed by atoms with Crippen molar-refractivity contribution in [3.05, 3.63) is 16.3 Å². The van der Waals surface area contributed by atoms with Gasteiger partial charge in [0.1, 0.15) is 5.56 Å². The average Bonchev–Trinajstić information content (AvgIpc) is 2.07. The fourth-order valence-corrected chi connectivity index (χ4v) is 1.09. The Morgan fingerprint density at radius 2 is 1.86 bits per heavy atom. The Labute approximate surface area is 82.8 Å². The van der Waals surface area contributed by atoms with Crippen molar-refractivity contribution in [2.45, 2.75) is 13.1 Å². The van der Waals surface area contributed by atoms with Crippen LogP contribution < -0.4 is 4.74 Å². The Balaban J connectivity index is 3.44. The van der Waals surface area contributed by atoms with Gasteiger partial charge in [-0.2, -0.15) is 13.2 Å². The summed E-state index contributed by atoms with van der Waals surface area (Å²) in [5.74, 6) is -0.570. The van der Waals surface area contributed by atoms with E-state index in [2.05, 4.69) is 14.9 Å². The van der Waals surface area contributed by atoms with Crippen molar-refractivity contribution in [3.8, 4) is 5.88 Å². The number of alkyl halides is 3. The van der Waals surface area contributed by atoms with Crippen molar-refractivity contribution in [1.82, 2.24) is 10.2 Å². The fraction of sp³-hybridized carbons (Fsp3) is 0.429. The molecule has 0 spiro atoms. The predicted octanol–water partition coefficient (Wildman–Crippen LogP) is 2.47. The topological polar surface area (TPSA) is 35.0 Å². The maximum absolute atomic E-state index is 12.5. The second kappa shape index (κ2) is 3.61. The lowest BCUT2D eigenvalue weighted by atomic mass is 10.2. The number of ether oxygens (including phenoxy) is 1. The van der Waals surface area contributed by atoms with E-state index in [1.165, 1.54) is 6.92 Å². The Kier molecular flexibility index (Phi) is 2.84. The third-order valence-corrected chi connectivity index (χ3v) is 1.96. The van der Waals surface area contributed by atoms with Gasteiger partial charge in [0, 0.05) is 5.56 Å². The molecule has 1 aromatic rings. The zero-order chi connectivity index (χ0) is 10.9. The summed E-state index contributed by atoms with van der Waals surface area (Å²) in [4.78, 5) is 0. The van der Waals surface area contributed by atoms with Gasteiger partial charge in [0.05, 0.1) is 7.11 Å². The van der Waals surface area contributed by atoms with Gasteiger partial charge >= 0.3 is 6.18 Å². The van der Waals surface area contributed by atoms with Crippen LogP contribution in [0, 0.1) is 6.92 Å². The smallest absolute Gasteiger partial charge is 0.422 e. The number of rotatable bonds is 1. The number of halogens is 4. The molecule has 0 radical (unpaired) electrons. The summed E-state index contributed by atoms with van der Waals surface area (Å²) in [6, 6.07) is 0. The van der Waals surface area contributed by atoms with Gasteiger partial charge in [0.15, 0.2) is 5.15 Å². The molecule has 0 bridgehead atoms. The molecule has 0 amide bonds. The minimum Gasteiger partial charge on any atom is -0.479 e. The lowest BCUT2D eigenvalue weighted by Crippen LogP contribution is -2.12. The van der Waals surface area contributed by atoms with Crippen LogP contribution in [0.4, 0.5) is 13.2 Å². The number of aromatic nitrogens is 2. The minimum absolute atomic E-state index is 0.189. The molecule has 14 heavy (non-hydrogen) atoms. The molecular weight excluding hydrogens is 221 g/mol. The molecule has 78 valence electrons. The van der Waals surface area contributed by atoms with E-state index in [-0.39, 0.29) is 10.7 Å². The molecule has 0 N–H and O–H groups in total. The number of methoxy groups -OCH3 is 1. The SMILES string of the molecule is COc1nnc(Cl)c(C)c1C(F)(F)F. The van der Waals surface area contributed by atoms with Crippen LogP contribution in [0.2, 0.25) is 5.15 Å². The Bertz CT molecular complexity index is 354. The highest BCUT2D eigenvalue weighted by Gasteiger charge is 2.38. The molecule has 1 rings (SSSR count). The molecule has 1 heterocycles. The molecule has 0 saturated heterocycles. The van der Waals surface area contributed by atoms with E-state index in [0.29, 0.717) is 0 Å². The maximum atomic E-state index is 12.5. The summed E-state index contributed by atoms with van der Waals surface area (Å²) in [5, 5.41) is 6.23. The van der Waals surface area contributed by atoms with Crippen molar-refractivity contribution in [3.63, 3.8) is 0 Å². The summed E-state index contributed by atoms with van der Waals surface area (Å²) >= 11 is 5.42. The third kappa shape index (κ3) is 1.89. The Morgan fingerprint density at radius 3 is 2.29 bits per heavy atom. The van der Waals surface area contributed by atoms with Gasteiger partial charge < -0.3 is 4.74 Å². The van der Waals surface area contributed by atoms with Gasteiger partial charge in [-0.1, -0.05) is 11.6 Å². The lowest BCUT2D eigenvalue weighted by Gasteiger charge is -2.12. The molecule has 0 aliphatic heterocycles. The molecule has 1 aromatic heterocycles. The monoisotopic (exact) mass is 226 g/mol. The van der Waals surface area contributed by atoms with E-state index in [9.17, 15) is 13.2 Å². The molecule has 0 unspecified atom stereocenters. The molecule has 0 fully saturated rings. The summed E-state index contributed by atoms with van der Waals surface area (Å²) in [6.45, 7) is 1.21. The minimum atomic E-state index is -4.55.